The number of aliphatic hydroxyl groups is 1. The highest BCUT2D eigenvalue weighted by atomic mass is 16.3. The summed E-state index contributed by atoms with van der Waals surface area (Å²) < 4.78 is 0. The number of aliphatic hydroxyl groups excluding tert-OH is 1. The first-order valence-corrected chi connectivity index (χ1v) is 4.55. The lowest BCUT2D eigenvalue weighted by molar-refractivity contribution is 0.152. The molecule has 0 heterocycles. The monoisotopic (exact) mass is 159 g/mol. The fourth-order valence-corrected chi connectivity index (χ4v) is 1.10. The van der Waals surface area contributed by atoms with Crippen molar-refractivity contribution in [1.29, 1.82) is 0 Å². The van der Waals surface area contributed by atoms with Crippen molar-refractivity contribution in [2.45, 2.75) is 45.6 Å². The van der Waals surface area contributed by atoms with Crippen LogP contribution in [0.5, 0.6) is 0 Å². The molecule has 2 nitrogen and oxygen atoms in total. The quantitative estimate of drug-likeness (QED) is 0.617. The molecule has 3 N–H and O–H groups in total. The van der Waals surface area contributed by atoms with Crippen molar-refractivity contribution in [3.63, 3.8) is 0 Å². The maximum atomic E-state index is 9.28. The van der Waals surface area contributed by atoms with Crippen LogP contribution in [0, 0.1) is 5.92 Å². The molecule has 11 heavy (non-hydrogen) atoms. The molecule has 1 unspecified atom stereocenters. The second-order valence-corrected chi connectivity index (χ2v) is 3.56. The summed E-state index contributed by atoms with van der Waals surface area (Å²) in [5.74, 6) is 0.750. The standard InChI is InChI=1S/C9H21NO/c1-8(2)4-3-5-9(11)6-7-10/h8-9,11H,3-7,10H2,1-2H3. The molecule has 0 aromatic carbocycles. The van der Waals surface area contributed by atoms with Crippen LogP contribution < -0.4 is 5.73 Å². The summed E-state index contributed by atoms with van der Waals surface area (Å²) in [6.07, 6.45) is 3.83. The number of hydrogen-bond donors (Lipinski definition) is 2. The fourth-order valence-electron chi connectivity index (χ4n) is 1.10. The second kappa shape index (κ2) is 6.62. The summed E-state index contributed by atoms with van der Waals surface area (Å²) in [6.45, 7) is 5.01. The van der Waals surface area contributed by atoms with Crippen LogP contribution in [-0.2, 0) is 0 Å². The van der Waals surface area contributed by atoms with Crippen molar-refractivity contribution in [1.82, 2.24) is 0 Å². The van der Waals surface area contributed by atoms with Crippen LogP contribution in [0.3, 0.4) is 0 Å². The van der Waals surface area contributed by atoms with E-state index in [9.17, 15) is 5.11 Å². The molecule has 0 saturated carbocycles. The Morgan fingerprint density at radius 2 is 1.82 bits per heavy atom. The Morgan fingerprint density at radius 1 is 1.18 bits per heavy atom. The Labute approximate surface area is 69.8 Å². The van der Waals surface area contributed by atoms with Gasteiger partial charge in [-0.2, -0.15) is 0 Å². The smallest absolute Gasteiger partial charge is 0.0552 e. The van der Waals surface area contributed by atoms with E-state index in [0.717, 1.165) is 25.2 Å². The van der Waals surface area contributed by atoms with Gasteiger partial charge in [0.15, 0.2) is 0 Å². The molecule has 0 amide bonds. The van der Waals surface area contributed by atoms with Crippen LogP contribution in [0.2, 0.25) is 0 Å². The van der Waals surface area contributed by atoms with Crippen molar-refractivity contribution >= 4 is 0 Å². The zero-order valence-electron chi connectivity index (χ0n) is 7.71. The Kier molecular flexibility index (Phi) is 6.57. The van der Waals surface area contributed by atoms with Gasteiger partial charge in [0.2, 0.25) is 0 Å². The van der Waals surface area contributed by atoms with Crippen molar-refractivity contribution in [3.8, 4) is 0 Å². The van der Waals surface area contributed by atoms with E-state index in [2.05, 4.69) is 13.8 Å². The van der Waals surface area contributed by atoms with E-state index in [-0.39, 0.29) is 6.10 Å². The van der Waals surface area contributed by atoms with Crippen molar-refractivity contribution in [2.75, 3.05) is 6.54 Å². The van der Waals surface area contributed by atoms with E-state index in [1.165, 1.54) is 6.42 Å². The van der Waals surface area contributed by atoms with Crippen molar-refractivity contribution < 1.29 is 5.11 Å². The van der Waals surface area contributed by atoms with E-state index >= 15 is 0 Å². The minimum absolute atomic E-state index is 0.168. The number of rotatable bonds is 6. The summed E-state index contributed by atoms with van der Waals surface area (Å²) in [5, 5.41) is 9.28. The van der Waals surface area contributed by atoms with Crippen LogP contribution >= 0.6 is 0 Å². The Morgan fingerprint density at radius 3 is 2.27 bits per heavy atom. The maximum absolute atomic E-state index is 9.28. The first kappa shape index (κ1) is 10.9. The van der Waals surface area contributed by atoms with Gasteiger partial charge in [0.05, 0.1) is 6.10 Å². The van der Waals surface area contributed by atoms with Crippen LogP contribution in [0.25, 0.3) is 0 Å². The van der Waals surface area contributed by atoms with Crippen molar-refractivity contribution in [3.05, 3.63) is 0 Å². The zero-order chi connectivity index (χ0) is 8.69. The third-order valence-corrected chi connectivity index (χ3v) is 1.82. The average molecular weight is 159 g/mol. The highest BCUT2D eigenvalue weighted by Gasteiger charge is 2.02. The molecule has 0 rings (SSSR count). The summed E-state index contributed by atoms with van der Waals surface area (Å²) in [6, 6.07) is 0. The molecule has 0 saturated heterocycles. The average Bonchev–Trinajstić information content (AvgIpc) is 1.87. The van der Waals surface area contributed by atoms with E-state index in [4.69, 9.17) is 5.73 Å². The normalized spacial score (nSPS) is 13.9. The van der Waals surface area contributed by atoms with Gasteiger partial charge in [0, 0.05) is 0 Å². The molecule has 0 radical (unpaired) electrons. The molecule has 2 heteroatoms. The lowest BCUT2D eigenvalue weighted by atomic mass is 10.0. The molecular weight excluding hydrogens is 138 g/mol. The maximum Gasteiger partial charge on any atom is 0.0552 e. The number of hydrogen-bond acceptors (Lipinski definition) is 2. The van der Waals surface area contributed by atoms with Gasteiger partial charge in [-0.25, -0.2) is 0 Å². The lowest BCUT2D eigenvalue weighted by Gasteiger charge is -2.09. The fraction of sp³-hybridized carbons (Fsp3) is 1.00. The summed E-state index contributed by atoms with van der Waals surface area (Å²) in [4.78, 5) is 0. The van der Waals surface area contributed by atoms with Gasteiger partial charge in [0.25, 0.3) is 0 Å². The summed E-state index contributed by atoms with van der Waals surface area (Å²) in [7, 11) is 0. The van der Waals surface area contributed by atoms with E-state index in [1.54, 1.807) is 0 Å². The largest absolute Gasteiger partial charge is 0.393 e. The molecular formula is C9H21NO. The van der Waals surface area contributed by atoms with Gasteiger partial charge in [-0.1, -0.05) is 26.7 Å². The van der Waals surface area contributed by atoms with Gasteiger partial charge in [-0.15, -0.1) is 0 Å². The second-order valence-electron chi connectivity index (χ2n) is 3.56. The van der Waals surface area contributed by atoms with Gasteiger partial charge in [-0.05, 0) is 25.3 Å². The van der Waals surface area contributed by atoms with Gasteiger partial charge >= 0.3 is 0 Å². The Hall–Kier alpha value is -0.0800. The van der Waals surface area contributed by atoms with Crippen LogP contribution in [0.1, 0.15) is 39.5 Å². The zero-order valence-corrected chi connectivity index (χ0v) is 7.71. The topological polar surface area (TPSA) is 46.2 Å². The lowest BCUT2D eigenvalue weighted by Crippen LogP contribution is -2.13. The summed E-state index contributed by atoms with van der Waals surface area (Å²) >= 11 is 0. The highest BCUT2D eigenvalue weighted by Crippen LogP contribution is 2.09. The molecule has 68 valence electrons. The van der Waals surface area contributed by atoms with E-state index < -0.39 is 0 Å². The van der Waals surface area contributed by atoms with Gasteiger partial charge in [-0.3, -0.25) is 0 Å². The molecule has 0 aromatic rings. The van der Waals surface area contributed by atoms with E-state index in [1.807, 2.05) is 0 Å². The number of nitrogens with two attached hydrogens (primary N) is 1. The first-order valence-electron chi connectivity index (χ1n) is 4.55. The van der Waals surface area contributed by atoms with Crippen LogP contribution in [-0.4, -0.2) is 17.8 Å². The highest BCUT2D eigenvalue weighted by molar-refractivity contribution is 4.57. The molecule has 0 aliphatic carbocycles. The molecule has 0 aliphatic rings. The molecule has 0 aliphatic heterocycles. The molecule has 0 spiro atoms. The molecule has 0 fully saturated rings. The Bertz CT molecular complexity index is 83.6. The minimum atomic E-state index is -0.168. The summed E-state index contributed by atoms with van der Waals surface area (Å²) in [5.41, 5.74) is 5.30. The van der Waals surface area contributed by atoms with Gasteiger partial charge in [0.1, 0.15) is 0 Å². The van der Waals surface area contributed by atoms with E-state index in [0.29, 0.717) is 6.54 Å². The predicted molar refractivity (Wildman–Crippen MR) is 48.4 cm³/mol. The SMILES string of the molecule is CC(C)CCCC(O)CCN. The van der Waals surface area contributed by atoms with Crippen molar-refractivity contribution in [2.24, 2.45) is 11.7 Å². The molecule has 0 aromatic heterocycles. The molecule has 1 atom stereocenters. The van der Waals surface area contributed by atoms with Gasteiger partial charge < -0.3 is 10.8 Å². The van der Waals surface area contributed by atoms with Crippen LogP contribution in [0.4, 0.5) is 0 Å². The third-order valence-electron chi connectivity index (χ3n) is 1.82. The minimum Gasteiger partial charge on any atom is -0.393 e. The molecule has 0 bridgehead atoms. The first-order chi connectivity index (χ1) is 5.16. The van der Waals surface area contributed by atoms with Crippen LogP contribution in [0.15, 0.2) is 0 Å². The predicted octanol–water partition coefficient (Wildman–Crippen LogP) is 1.52. The Balaban J connectivity index is 3.10. The third kappa shape index (κ3) is 7.82.